The summed E-state index contributed by atoms with van der Waals surface area (Å²) in [7, 11) is 0. The SMILES string of the molecule is C[C@@H]1Cc2cc3c(cc2[C@H](c2ccccc2Cl)O1)OCO3. The maximum Gasteiger partial charge on any atom is 0.231 e. The summed E-state index contributed by atoms with van der Waals surface area (Å²) in [5, 5.41) is 0.722. The van der Waals surface area contributed by atoms with Gasteiger partial charge >= 0.3 is 0 Å². The van der Waals surface area contributed by atoms with E-state index in [1.165, 1.54) is 5.56 Å². The Labute approximate surface area is 128 Å². The van der Waals surface area contributed by atoms with Gasteiger partial charge in [0, 0.05) is 10.6 Å². The smallest absolute Gasteiger partial charge is 0.231 e. The van der Waals surface area contributed by atoms with Gasteiger partial charge in [0.2, 0.25) is 6.79 Å². The van der Waals surface area contributed by atoms with Gasteiger partial charge in [0.15, 0.2) is 11.5 Å². The highest BCUT2D eigenvalue weighted by Gasteiger charge is 2.30. The molecule has 2 atom stereocenters. The van der Waals surface area contributed by atoms with Gasteiger partial charge in [-0.15, -0.1) is 0 Å². The molecule has 0 unspecified atom stereocenters. The number of hydrogen-bond acceptors (Lipinski definition) is 3. The van der Waals surface area contributed by atoms with E-state index in [2.05, 4.69) is 13.0 Å². The summed E-state index contributed by atoms with van der Waals surface area (Å²) in [5.41, 5.74) is 3.35. The van der Waals surface area contributed by atoms with E-state index in [0.717, 1.165) is 34.1 Å². The van der Waals surface area contributed by atoms with Gasteiger partial charge < -0.3 is 14.2 Å². The number of benzene rings is 2. The first-order chi connectivity index (χ1) is 10.2. The summed E-state index contributed by atoms with van der Waals surface area (Å²) in [4.78, 5) is 0. The molecule has 2 aromatic rings. The molecule has 0 radical (unpaired) electrons. The molecule has 0 N–H and O–H groups in total. The van der Waals surface area contributed by atoms with Crippen molar-refractivity contribution in [2.24, 2.45) is 0 Å². The van der Waals surface area contributed by atoms with Crippen LogP contribution in [-0.4, -0.2) is 12.9 Å². The summed E-state index contributed by atoms with van der Waals surface area (Å²) < 4.78 is 17.1. The zero-order chi connectivity index (χ0) is 14.4. The third kappa shape index (κ3) is 2.17. The minimum absolute atomic E-state index is 0.138. The van der Waals surface area contributed by atoms with Crippen LogP contribution in [0.3, 0.4) is 0 Å². The fourth-order valence-corrected chi connectivity index (χ4v) is 3.25. The zero-order valence-electron chi connectivity index (χ0n) is 11.6. The van der Waals surface area contributed by atoms with Crippen molar-refractivity contribution in [2.75, 3.05) is 6.79 Å². The van der Waals surface area contributed by atoms with Crippen LogP contribution in [0.5, 0.6) is 11.5 Å². The van der Waals surface area contributed by atoms with Gasteiger partial charge in [0.25, 0.3) is 0 Å². The molecule has 21 heavy (non-hydrogen) atoms. The maximum atomic E-state index is 6.35. The fourth-order valence-electron chi connectivity index (χ4n) is 3.01. The molecule has 0 bridgehead atoms. The summed E-state index contributed by atoms with van der Waals surface area (Å²) in [6.07, 6.45) is 0.846. The molecule has 0 aliphatic carbocycles. The van der Waals surface area contributed by atoms with Gasteiger partial charge in [0.05, 0.1) is 6.10 Å². The number of ether oxygens (including phenoxy) is 3. The van der Waals surface area contributed by atoms with Crippen LogP contribution in [0.25, 0.3) is 0 Å². The van der Waals surface area contributed by atoms with E-state index in [4.69, 9.17) is 25.8 Å². The van der Waals surface area contributed by atoms with E-state index in [1.54, 1.807) is 0 Å². The summed E-state index contributed by atoms with van der Waals surface area (Å²) in [6.45, 7) is 2.36. The summed E-state index contributed by atoms with van der Waals surface area (Å²) in [6, 6.07) is 11.9. The van der Waals surface area contributed by atoms with E-state index in [9.17, 15) is 0 Å². The van der Waals surface area contributed by atoms with Crippen LogP contribution in [0.4, 0.5) is 0 Å². The van der Waals surface area contributed by atoms with E-state index in [1.807, 2.05) is 30.3 Å². The molecule has 108 valence electrons. The van der Waals surface area contributed by atoms with Crippen LogP contribution in [0.1, 0.15) is 29.7 Å². The van der Waals surface area contributed by atoms with Crippen LogP contribution in [0.2, 0.25) is 5.02 Å². The van der Waals surface area contributed by atoms with Crippen molar-refractivity contribution in [1.82, 2.24) is 0 Å². The summed E-state index contributed by atoms with van der Waals surface area (Å²) in [5.74, 6) is 1.60. The van der Waals surface area contributed by atoms with Gasteiger partial charge in [-0.25, -0.2) is 0 Å². The molecule has 4 heteroatoms. The topological polar surface area (TPSA) is 27.7 Å². The first kappa shape index (κ1) is 13.0. The van der Waals surface area contributed by atoms with Crippen molar-refractivity contribution in [3.05, 3.63) is 58.1 Å². The average molecular weight is 303 g/mol. The van der Waals surface area contributed by atoms with Gasteiger partial charge in [-0.1, -0.05) is 29.8 Å². The molecule has 2 aliphatic heterocycles. The molecule has 0 spiro atoms. The molecule has 0 saturated carbocycles. The Morgan fingerprint density at radius 2 is 1.81 bits per heavy atom. The number of fused-ring (bicyclic) bond motifs is 2. The largest absolute Gasteiger partial charge is 0.454 e. The van der Waals surface area contributed by atoms with Crippen LogP contribution in [-0.2, 0) is 11.2 Å². The Morgan fingerprint density at radius 1 is 1.05 bits per heavy atom. The molecule has 0 aromatic heterocycles. The first-order valence-electron chi connectivity index (χ1n) is 7.04. The van der Waals surface area contributed by atoms with E-state index in [0.29, 0.717) is 0 Å². The number of rotatable bonds is 1. The van der Waals surface area contributed by atoms with Crippen molar-refractivity contribution in [1.29, 1.82) is 0 Å². The quantitative estimate of drug-likeness (QED) is 0.793. The molecule has 2 aromatic carbocycles. The molecular weight excluding hydrogens is 288 g/mol. The highest BCUT2D eigenvalue weighted by atomic mass is 35.5. The third-order valence-corrected chi connectivity index (χ3v) is 4.32. The summed E-state index contributed by atoms with van der Waals surface area (Å²) >= 11 is 6.35. The molecule has 0 saturated heterocycles. The molecular formula is C17H15ClO3. The van der Waals surface area contributed by atoms with Crippen LogP contribution in [0.15, 0.2) is 36.4 Å². The standard InChI is InChI=1S/C17H15ClO3/c1-10-6-11-7-15-16(20-9-19-15)8-13(11)17(21-10)12-4-2-3-5-14(12)18/h2-5,7-8,10,17H,6,9H2,1H3/t10-,17+/m1/s1. The Balaban J connectivity index is 1.86. The highest BCUT2D eigenvalue weighted by molar-refractivity contribution is 6.31. The Bertz CT molecular complexity index is 698. The van der Waals surface area contributed by atoms with E-state index in [-0.39, 0.29) is 19.0 Å². The van der Waals surface area contributed by atoms with Crippen molar-refractivity contribution in [2.45, 2.75) is 25.6 Å². The maximum absolute atomic E-state index is 6.35. The van der Waals surface area contributed by atoms with Gasteiger partial charge in [-0.3, -0.25) is 0 Å². The molecule has 2 heterocycles. The van der Waals surface area contributed by atoms with Crippen molar-refractivity contribution >= 4 is 11.6 Å². The fraction of sp³-hybridized carbons (Fsp3) is 0.294. The number of halogens is 1. The van der Waals surface area contributed by atoms with Gasteiger partial charge in [0.1, 0.15) is 6.10 Å². The lowest BCUT2D eigenvalue weighted by atomic mass is 9.90. The normalized spacial score (nSPS) is 23.0. The Hall–Kier alpha value is -1.71. The van der Waals surface area contributed by atoms with Gasteiger partial charge in [-0.05, 0) is 42.7 Å². The van der Waals surface area contributed by atoms with Crippen LogP contribution in [0, 0.1) is 0 Å². The molecule has 0 fully saturated rings. The lowest BCUT2D eigenvalue weighted by molar-refractivity contribution is 0.00725. The second-order valence-corrected chi connectivity index (χ2v) is 5.86. The molecule has 4 rings (SSSR count). The van der Waals surface area contributed by atoms with Crippen LogP contribution >= 0.6 is 11.6 Å². The van der Waals surface area contributed by atoms with Crippen molar-refractivity contribution in [3.8, 4) is 11.5 Å². The number of hydrogen-bond donors (Lipinski definition) is 0. The lowest BCUT2D eigenvalue weighted by Crippen LogP contribution is -2.24. The molecule has 2 aliphatic rings. The van der Waals surface area contributed by atoms with Crippen LogP contribution < -0.4 is 9.47 Å². The minimum Gasteiger partial charge on any atom is -0.454 e. The second kappa shape index (κ2) is 4.93. The molecule has 0 amide bonds. The zero-order valence-corrected chi connectivity index (χ0v) is 12.4. The van der Waals surface area contributed by atoms with Gasteiger partial charge in [-0.2, -0.15) is 0 Å². The lowest BCUT2D eigenvalue weighted by Gasteiger charge is -2.31. The first-order valence-corrected chi connectivity index (χ1v) is 7.42. The predicted octanol–water partition coefficient (Wildman–Crippen LogP) is 4.12. The van der Waals surface area contributed by atoms with E-state index >= 15 is 0 Å². The molecule has 3 nitrogen and oxygen atoms in total. The highest BCUT2D eigenvalue weighted by Crippen LogP contribution is 2.44. The van der Waals surface area contributed by atoms with Crippen molar-refractivity contribution in [3.63, 3.8) is 0 Å². The third-order valence-electron chi connectivity index (χ3n) is 3.98. The van der Waals surface area contributed by atoms with Crippen molar-refractivity contribution < 1.29 is 14.2 Å². The monoisotopic (exact) mass is 302 g/mol. The Kier molecular flexibility index (Phi) is 3.05. The Morgan fingerprint density at radius 3 is 2.62 bits per heavy atom. The average Bonchev–Trinajstić information content (AvgIpc) is 2.92. The predicted molar refractivity (Wildman–Crippen MR) is 80.1 cm³/mol. The minimum atomic E-state index is -0.160. The van der Waals surface area contributed by atoms with E-state index < -0.39 is 0 Å². The second-order valence-electron chi connectivity index (χ2n) is 5.46.